The molecular formula is C32H34ClF3N10O3. The molecule has 2 aliphatic rings. The first-order valence-electron chi connectivity index (χ1n) is 15.7. The number of benzene rings is 1. The van der Waals surface area contributed by atoms with Crippen molar-refractivity contribution in [1.82, 2.24) is 45.6 Å². The van der Waals surface area contributed by atoms with Crippen molar-refractivity contribution < 1.29 is 27.6 Å². The highest BCUT2D eigenvalue weighted by Crippen LogP contribution is 2.40. The van der Waals surface area contributed by atoms with Gasteiger partial charge in [-0.2, -0.15) is 18.3 Å². The van der Waals surface area contributed by atoms with Crippen LogP contribution < -0.4 is 16.4 Å². The fourth-order valence-electron chi connectivity index (χ4n) is 6.14. The van der Waals surface area contributed by atoms with Crippen molar-refractivity contribution in [2.45, 2.75) is 32.5 Å². The molecule has 0 atom stereocenters. The number of hydrogen-bond acceptors (Lipinski definition) is 8. The number of aromatic amines is 2. The Hall–Kier alpha value is -4.96. The predicted octanol–water partition coefficient (Wildman–Crippen LogP) is 3.64. The summed E-state index contributed by atoms with van der Waals surface area (Å²) in [5.41, 5.74) is 6.05. The van der Waals surface area contributed by atoms with Crippen molar-refractivity contribution >= 4 is 35.0 Å². The second-order valence-corrected chi connectivity index (χ2v) is 12.4. The minimum absolute atomic E-state index is 0.000156. The number of nitrogens with two attached hydrogens (primary N) is 1. The van der Waals surface area contributed by atoms with Gasteiger partial charge in [-0.1, -0.05) is 17.7 Å². The summed E-state index contributed by atoms with van der Waals surface area (Å²) in [5.74, 6) is -0.993. The van der Waals surface area contributed by atoms with Crippen LogP contribution >= 0.6 is 11.6 Å². The van der Waals surface area contributed by atoms with Crippen LogP contribution in [0.1, 0.15) is 50.6 Å². The Balaban J connectivity index is 1.09. The third kappa shape index (κ3) is 7.24. The van der Waals surface area contributed by atoms with Gasteiger partial charge in [0, 0.05) is 38.6 Å². The molecule has 49 heavy (non-hydrogen) atoms. The number of nitrogens with zero attached hydrogens (tertiary/aromatic N) is 5. The van der Waals surface area contributed by atoms with E-state index in [9.17, 15) is 27.6 Å². The van der Waals surface area contributed by atoms with Gasteiger partial charge in [-0.25, -0.2) is 4.98 Å². The maximum Gasteiger partial charge on any atom is 0.435 e. The average Bonchev–Trinajstić information content (AvgIpc) is 3.75. The number of pyridine rings is 1. The van der Waals surface area contributed by atoms with Crippen molar-refractivity contribution in [3.8, 4) is 22.6 Å². The highest BCUT2D eigenvalue weighted by molar-refractivity contribution is 6.33. The van der Waals surface area contributed by atoms with Crippen LogP contribution in [0.4, 0.5) is 18.9 Å². The number of imidazole rings is 1. The fraction of sp³-hybridized carbons (Fsp3) is 0.375. The quantitative estimate of drug-likeness (QED) is 0.194. The zero-order valence-electron chi connectivity index (χ0n) is 26.5. The lowest BCUT2D eigenvalue weighted by Crippen LogP contribution is -2.52. The lowest BCUT2D eigenvalue weighted by molar-refractivity contribution is -0.140. The third-order valence-electron chi connectivity index (χ3n) is 8.72. The zero-order chi connectivity index (χ0) is 34.9. The number of aryl methyl sites for hydroxylation is 1. The predicted molar refractivity (Wildman–Crippen MR) is 174 cm³/mol. The van der Waals surface area contributed by atoms with Crippen LogP contribution in [-0.2, 0) is 17.5 Å². The molecule has 3 amide bonds. The maximum atomic E-state index is 13.9. The molecule has 1 aromatic carbocycles. The van der Waals surface area contributed by atoms with Gasteiger partial charge in [-0.05, 0) is 62.2 Å². The van der Waals surface area contributed by atoms with Crippen molar-refractivity contribution in [2.24, 2.45) is 5.92 Å². The van der Waals surface area contributed by atoms with E-state index in [-0.39, 0.29) is 57.8 Å². The number of nitrogens with one attached hydrogen (secondary N) is 4. The summed E-state index contributed by atoms with van der Waals surface area (Å²) < 4.78 is 41.8. The Morgan fingerprint density at radius 1 is 1.04 bits per heavy atom. The standard InChI is InChI=1S/C32H34ClF3N10O3/c1-17-12-20(37)15-39-25(17)26-24(27(44-43-26)32(34,35)36)23-16-40-28(42-23)29(47)41-14-18-2-3-21(22(33)13-18)31(49)46-10-8-45(9-11-46)30(48)19-4-6-38-7-5-19/h2-3,12-13,15-16,19,38H,4-11,14,37H2,1H3,(H,40,42)(H,41,47)(H,43,44). The number of hydrogen-bond donors (Lipinski definition) is 5. The average molecular weight is 699 g/mol. The number of carbonyl (C=O) groups is 3. The van der Waals surface area contributed by atoms with Crippen molar-refractivity contribution in [1.29, 1.82) is 0 Å². The molecule has 4 aromatic rings. The van der Waals surface area contributed by atoms with Gasteiger partial charge in [0.25, 0.3) is 11.8 Å². The van der Waals surface area contributed by atoms with Gasteiger partial charge in [-0.15, -0.1) is 0 Å². The molecule has 2 aliphatic heterocycles. The molecule has 0 radical (unpaired) electrons. The Kier molecular flexibility index (Phi) is 9.61. The molecule has 0 unspecified atom stereocenters. The minimum Gasteiger partial charge on any atom is -0.397 e. The molecule has 6 rings (SSSR count). The van der Waals surface area contributed by atoms with Gasteiger partial charge in [0.05, 0.1) is 51.3 Å². The van der Waals surface area contributed by atoms with Crippen LogP contribution in [0.2, 0.25) is 5.02 Å². The van der Waals surface area contributed by atoms with E-state index < -0.39 is 17.8 Å². The van der Waals surface area contributed by atoms with Gasteiger partial charge in [-0.3, -0.25) is 24.5 Å². The molecule has 258 valence electrons. The van der Waals surface area contributed by atoms with Crippen LogP contribution in [-0.4, -0.2) is 91.9 Å². The summed E-state index contributed by atoms with van der Waals surface area (Å²) in [5, 5.41) is 12.0. The number of nitrogen functional groups attached to an aromatic ring is 1. The monoisotopic (exact) mass is 698 g/mol. The zero-order valence-corrected chi connectivity index (χ0v) is 27.2. The molecule has 2 fully saturated rings. The molecule has 0 bridgehead atoms. The van der Waals surface area contributed by atoms with Crippen molar-refractivity contribution in [3.05, 3.63) is 69.9 Å². The maximum absolute atomic E-state index is 13.9. The molecule has 2 saturated heterocycles. The van der Waals surface area contributed by atoms with E-state index in [0.717, 1.165) is 32.1 Å². The fourth-order valence-corrected chi connectivity index (χ4v) is 6.42. The molecule has 0 spiro atoms. The lowest BCUT2D eigenvalue weighted by atomic mass is 9.96. The molecule has 0 aliphatic carbocycles. The first-order valence-corrected chi connectivity index (χ1v) is 16.1. The number of rotatable bonds is 7. The number of piperidine rings is 1. The van der Waals surface area contributed by atoms with Gasteiger partial charge in [0.15, 0.2) is 11.5 Å². The van der Waals surface area contributed by atoms with Crippen LogP contribution in [0.15, 0.2) is 36.7 Å². The second-order valence-electron chi connectivity index (χ2n) is 12.0. The summed E-state index contributed by atoms with van der Waals surface area (Å²) in [6.07, 6.45) is -0.735. The molecule has 17 heteroatoms. The van der Waals surface area contributed by atoms with Gasteiger partial charge < -0.3 is 31.2 Å². The van der Waals surface area contributed by atoms with Crippen molar-refractivity contribution in [2.75, 3.05) is 45.0 Å². The summed E-state index contributed by atoms with van der Waals surface area (Å²) in [7, 11) is 0. The van der Waals surface area contributed by atoms with E-state index in [0.29, 0.717) is 48.6 Å². The summed E-state index contributed by atoms with van der Waals surface area (Å²) in [6, 6.07) is 6.37. The van der Waals surface area contributed by atoms with E-state index in [1.165, 1.54) is 6.20 Å². The first-order chi connectivity index (χ1) is 23.4. The first kappa shape index (κ1) is 33.9. The number of aromatic nitrogens is 5. The normalized spacial score (nSPS) is 15.8. The molecule has 6 N–H and O–H groups in total. The minimum atomic E-state index is -4.81. The van der Waals surface area contributed by atoms with Crippen LogP contribution in [0.25, 0.3) is 22.6 Å². The topological polar surface area (TPSA) is 178 Å². The highest BCUT2D eigenvalue weighted by atomic mass is 35.5. The van der Waals surface area contributed by atoms with Gasteiger partial charge in [0.2, 0.25) is 5.91 Å². The molecule has 0 saturated carbocycles. The number of H-pyrrole nitrogens is 2. The number of alkyl halides is 3. The smallest absolute Gasteiger partial charge is 0.397 e. The van der Waals surface area contributed by atoms with Crippen LogP contribution in [0.5, 0.6) is 0 Å². The summed E-state index contributed by atoms with van der Waals surface area (Å²) >= 11 is 6.49. The van der Waals surface area contributed by atoms with Crippen LogP contribution in [0, 0.1) is 12.8 Å². The van der Waals surface area contributed by atoms with E-state index in [2.05, 4.69) is 35.8 Å². The number of halogens is 4. The highest BCUT2D eigenvalue weighted by Gasteiger charge is 2.40. The van der Waals surface area contributed by atoms with Crippen LogP contribution in [0.3, 0.4) is 0 Å². The number of piperazine rings is 1. The van der Waals surface area contributed by atoms with E-state index in [1.807, 2.05) is 4.90 Å². The largest absolute Gasteiger partial charge is 0.435 e. The SMILES string of the molecule is Cc1cc(N)cnc1-c1[nH]nc(C(F)(F)F)c1-c1cnc(C(=O)NCc2ccc(C(=O)N3CCN(C(=O)C4CCNCC4)CC3)c(Cl)c2)[nH]1. The second kappa shape index (κ2) is 13.9. The Bertz CT molecular complexity index is 1880. The molecule has 13 nitrogen and oxygen atoms in total. The Morgan fingerprint density at radius 2 is 1.76 bits per heavy atom. The third-order valence-corrected chi connectivity index (χ3v) is 9.03. The van der Waals surface area contributed by atoms with E-state index in [4.69, 9.17) is 17.3 Å². The number of anilines is 1. The number of amides is 3. The Morgan fingerprint density at radius 3 is 2.43 bits per heavy atom. The van der Waals surface area contributed by atoms with Gasteiger partial charge >= 0.3 is 6.18 Å². The molecule has 5 heterocycles. The summed E-state index contributed by atoms with van der Waals surface area (Å²) in [6.45, 7) is 5.03. The van der Waals surface area contributed by atoms with Crippen molar-refractivity contribution in [3.63, 3.8) is 0 Å². The summed E-state index contributed by atoms with van der Waals surface area (Å²) in [4.78, 5) is 53.5. The lowest BCUT2D eigenvalue weighted by Gasteiger charge is -2.37. The van der Waals surface area contributed by atoms with E-state index in [1.54, 1.807) is 36.1 Å². The number of carbonyl (C=O) groups excluding carboxylic acids is 3. The molecular weight excluding hydrogens is 665 g/mol. The Labute approximate surface area is 283 Å². The molecule has 3 aromatic heterocycles. The van der Waals surface area contributed by atoms with E-state index >= 15 is 0 Å². The van der Waals surface area contributed by atoms with Gasteiger partial charge in [0.1, 0.15) is 0 Å².